The average molecular weight is 349 g/mol. The summed E-state index contributed by atoms with van der Waals surface area (Å²) in [6.07, 6.45) is 1.74. The van der Waals surface area contributed by atoms with Gasteiger partial charge in [-0.05, 0) is 51.9 Å². The number of hydrogen-bond donors (Lipinski definition) is 2. The van der Waals surface area contributed by atoms with Crippen molar-refractivity contribution in [3.8, 4) is 0 Å². The number of piperidine rings is 1. The molecule has 2 N–H and O–H groups in total. The van der Waals surface area contributed by atoms with Gasteiger partial charge >= 0.3 is 5.97 Å². The number of ether oxygens (including phenoxy) is 1. The van der Waals surface area contributed by atoms with Gasteiger partial charge < -0.3 is 15.4 Å². The van der Waals surface area contributed by atoms with Crippen LogP contribution >= 0.6 is 0 Å². The minimum atomic E-state index is -0.762. The Labute approximate surface area is 146 Å². The predicted molar refractivity (Wildman–Crippen MR) is 92.5 cm³/mol. The van der Waals surface area contributed by atoms with Crippen LogP contribution in [0, 0.1) is 16.0 Å². The van der Waals surface area contributed by atoms with Crippen LogP contribution in [0.1, 0.15) is 44.0 Å². The largest absolute Gasteiger partial charge is 0.456 e. The van der Waals surface area contributed by atoms with E-state index in [0.29, 0.717) is 5.69 Å². The number of nitro groups is 1. The molecule has 1 aromatic rings. The summed E-state index contributed by atoms with van der Waals surface area (Å²) >= 11 is 0. The summed E-state index contributed by atoms with van der Waals surface area (Å²) in [6, 6.07) is 3.86. The van der Waals surface area contributed by atoms with Gasteiger partial charge in [-0.25, -0.2) is 4.79 Å². The molecule has 0 aromatic heterocycles. The van der Waals surface area contributed by atoms with Crippen molar-refractivity contribution >= 4 is 23.3 Å². The fourth-order valence-corrected chi connectivity index (χ4v) is 3.03. The van der Waals surface area contributed by atoms with Gasteiger partial charge in [-0.15, -0.1) is 0 Å². The van der Waals surface area contributed by atoms with E-state index in [0.717, 1.165) is 25.9 Å². The minimum absolute atomic E-state index is 0.168. The van der Waals surface area contributed by atoms with Gasteiger partial charge in [-0.3, -0.25) is 14.9 Å². The molecule has 0 unspecified atom stereocenters. The third-order valence-corrected chi connectivity index (χ3v) is 4.41. The summed E-state index contributed by atoms with van der Waals surface area (Å²) in [5, 5.41) is 17.0. The molecule has 0 spiro atoms. The number of nitrogens with zero attached hydrogens (tertiary/aromatic N) is 1. The number of amides is 1. The van der Waals surface area contributed by atoms with Crippen molar-refractivity contribution in [1.82, 2.24) is 5.32 Å². The lowest BCUT2D eigenvalue weighted by molar-refractivity contribution is -0.385. The van der Waals surface area contributed by atoms with E-state index in [1.807, 2.05) is 13.8 Å². The Hall–Kier alpha value is -2.48. The maximum absolute atomic E-state index is 12.6. The second kappa shape index (κ2) is 7.60. The van der Waals surface area contributed by atoms with E-state index in [4.69, 9.17) is 4.74 Å². The van der Waals surface area contributed by atoms with E-state index < -0.39 is 16.5 Å². The SMILES string of the molecule is CC(=O)Nc1ccc([N+](=O)[O-])c(C(=O)OC(C)(C)C2CCNCC2)c1. The van der Waals surface area contributed by atoms with E-state index >= 15 is 0 Å². The lowest BCUT2D eigenvalue weighted by Crippen LogP contribution is -2.42. The monoisotopic (exact) mass is 349 g/mol. The maximum Gasteiger partial charge on any atom is 0.345 e. The number of benzene rings is 1. The number of carbonyl (C=O) groups excluding carboxylic acids is 2. The van der Waals surface area contributed by atoms with E-state index in [1.165, 1.54) is 25.1 Å². The molecule has 0 aliphatic carbocycles. The Morgan fingerprint density at radius 1 is 1.32 bits per heavy atom. The Balaban J connectivity index is 2.26. The zero-order valence-electron chi connectivity index (χ0n) is 14.6. The molecule has 136 valence electrons. The first-order chi connectivity index (χ1) is 11.7. The van der Waals surface area contributed by atoms with Crippen molar-refractivity contribution in [2.45, 2.75) is 39.2 Å². The van der Waals surface area contributed by atoms with Gasteiger partial charge in [0.2, 0.25) is 5.91 Å². The van der Waals surface area contributed by atoms with Gasteiger partial charge in [0.1, 0.15) is 11.2 Å². The summed E-state index contributed by atoms with van der Waals surface area (Å²) in [7, 11) is 0. The molecule has 8 heteroatoms. The minimum Gasteiger partial charge on any atom is -0.456 e. The van der Waals surface area contributed by atoms with Crippen LogP contribution in [0.2, 0.25) is 0 Å². The van der Waals surface area contributed by atoms with Gasteiger partial charge in [-0.2, -0.15) is 0 Å². The Kier molecular flexibility index (Phi) is 5.73. The lowest BCUT2D eigenvalue weighted by atomic mass is 9.83. The quantitative estimate of drug-likeness (QED) is 0.480. The van der Waals surface area contributed by atoms with Crippen LogP contribution in [-0.2, 0) is 9.53 Å². The smallest absolute Gasteiger partial charge is 0.345 e. The lowest BCUT2D eigenvalue weighted by Gasteiger charge is -2.36. The van der Waals surface area contributed by atoms with Crippen LogP contribution < -0.4 is 10.6 Å². The highest BCUT2D eigenvalue weighted by atomic mass is 16.6. The molecule has 1 saturated heterocycles. The number of esters is 1. The average Bonchev–Trinajstić information content (AvgIpc) is 2.54. The molecule has 25 heavy (non-hydrogen) atoms. The summed E-state index contributed by atoms with van der Waals surface area (Å²) in [5.74, 6) is -0.916. The zero-order valence-corrected chi connectivity index (χ0v) is 14.6. The molecular weight excluding hydrogens is 326 g/mol. The van der Waals surface area contributed by atoms with E-state index in [2.05, 4.69) is 10.6 Å². The number of hydrogen-bond acceptors (Lipinski definition) is 6. The predicted octanol–water partition coefficient (Wildman–Crippen LogP) is 2.49. The van der Waals surface area contributed by atoms with Crippen LogP contribution in [0.4, 0.5) is 11.4 Å². The van der Waals surface area contributed by atoms with Gasteiger partial charge in [0.15, 0.2) is 0 Å². The van der Waals surface area contributed by atoms with Gasteiger partial charge in [-0.1, -0.05) is 0 Å². The second-order valence-corrected chi connectivity index (χ2v) is 6.69. The van der Waals surface area contributed by atoms with Crippen LogP contribution in [0.3, 0.4) is 0 Å². The molecule has 1 heterocycles. The molecule has 0 atom stereocenters. The number of carbonyl (C=O) groups is 2. The molecule has 0 saturated carbocycles. The summed E-state index contributed by atoms with van der Waals surface area (Å²) in [4.78, 5) is 34.4. The summed E-state index contributed by atoms with van der Waals surface area (Å²) < 4.78 is 5.63. The Morgan fingerprint density at radius 3 is 2.52 bits per heavy atom. The second-order valence-electron chi connectivity index (χ2n) is 6.69. The zero-order chi connectivity index (χ0) is 18.6. The molecular formula is C17H23N3O5. The standard InChI is InChI=1S/C17H23N3O5/c1-11(21)19-13-4-5-15(20(23)24)14(10-13)16(22)25-17(2,3)12-6-8-18-9-7-12/h4-5,10,12,18H,6-9H2,1-3H3,(H,19,21). The van der Waals surface area contributed by atoms with Crippen molar-refractivity contribution < 1.29 is 19.2 Å². The first-order valence-corrected chi connectivity index (χ1v) is 8.21. The van der Waals surface area contributed by atoms with Crippen LogP contribution in [0.25, 0.3) is 0 Å². The fourth-order valence-electron chi connectivity index (χ4n) is 3.03. The summed E-state index contributed by atoms with van der Waals surface area (Å²) in [6.45, 7) is 6.67. The maximum atomic E-state index is 12.6. The van der Waals surface area contributed by atoms with Crippen molar-refractivity contribution in [1.29, 1.82) is 0 Å². The normalized spacial score (nSPS) is 15.5. The number of anilines is 1. The highest BCUT2D eigenvalue weighted by Gasteiger charge is 2.36. The van der Waals surface area contributed by atoms with E-state index in [-0.39, 0.29) is 23.1 Å². The van der Waals surface area contributed by atoms with Crippen molar-refractivity contribution in [3.63, 3.8) is 0 Å². The van der Waals surface area contributed by atoms with Crippen molar-refractivity contribution in [2.75, 3.05) is 18.4 Å². The first kappa shape index (κ1) is 18.9. The van der Waals surface area contributed by atoms with Crippen molar-refractivity contribution in [3.05, 3.63) is 33.9 Å². The number of nitrogens with one attached hydrogen (secondary N) is 2. The topological polar surface area (TPSA) is 111 Å². The van der Waals surface area contributed by atoms with Gasteiger partial charge in [0.05, 0.1) is 4.92 Å². The van der Waals surface area contributed by atoms with E-state index in [9.17, 15) is 19.7 Å². The molecule has 1 fully saturated rings. The third-order valence-electron chi connectivity index (χ3n) is 4.41. The molecule has 1 aliphatic heterocycles. The highest BCUT2D eigenvalue weighted by Crippen LogP contribution is 2.32. The van der Waals surface area contributed by atoms with Crippen molar-refractivity contribution in [2.24, 2.45) is 5.92 Å². The molecule has 8 nitrogen and oxygen atoms in total. The third kappa shape index (κ3) is 4.76. The van der Waals surface area contributed by atoms with Crippen LogP contribution in [0.5, 0.6) is 0 Å². The first-order valence-electron chi connectivity index (χ1n) is 8.21. The van der Waals surface area contributed by atoms with Gasteiger partial charge in [0, 0.05) is 24.6 Å². The Morgan fingerprint density at radius 2 is 1.96 bits per heavy atom. The molecule has 1 aliphatic rings. The Bertz CT molecular complexity index is 681. The number of nitro benzene ring substituents is 1. The fraction of sp³-hybridized carbons (Fsp3) is 0.529. The molecule has 0 radical (unpaired) electrons. The molecule has 2 rings (SSSR count). The summed E-state index contributed by atoms with van der Waals surface area (Å²) in [5.41, 5.74) is -0.944. The molecule has 0 bridgehead atoms. The van der Waals surface area contributed by atoms with E-state index in [1.54, 1.807) is 0 Å². The molecule has 1 aromatic carbocycles. The van der Waals surface area contributed by atoms with Crippen LogP contribution in [0.15, 0.2) is 18.2 Å². The van der Waals surface area contributed by atoms with Gasteiger partial charge in [0.25, 0.3) is 5.69 Å². The molecule has 1 amide bonds. The number of rotatable bonds is 5. The highest BCUT2D eigenvalue weighted by molar-refractivity contribution is 5.97. The van der Waals surface area contributed by atoms with Crippen LogP contribution in [-0.4, -0.2) is 35.5 Å².